The van der Waals surface area contributed by atoms with Gasteiger partial charge in [-0.2, -0.15) is 0 Å². The van der Waals surface area contributed by atoms with Crippen LogP contribution in [0.15, 0.2) is 127 Å². The van der Waals surface area contributed by atoms with Crippen LogP contribution >= 0.6 is 0 Å². The molecule has 0 aromatic heterocycles. The van der Waals surface area contributed by atoms with Crippen molar-refractivity contribution in [2.24, 2.45) is 0 Å². The molecule has 1 fully saturated rings. The Balaban J connectivity index is 1.12. The van der Waals surface area contributed by atoms with E-state index in [0.29, 0.717) is 6.61 Å². The van der Waals surface area contributed by atoms with Crippen molar-refractivity contribution in [2.75, 3.05) is 26.7 Å². The number of hydrogen-bond acceptors (Lipinski definition) is 4. The maximum Gasteiger partial charge on any atom is 0.410 e. The van der Waals surface area contributed by atoms with Crippen LogP contribution in [0.5, 0.6) is 5.75 Å². The summed E-state index contributed by atoms with van der Waals surface area (Å²) < 4.78 is 13.7. The van der Waals surface area contributed by atoms with Gasteiger partial charge in [0.2, 0.25) is 0 Å². The third-order valence-electron chi connectivity index (χ3n) is 10.9. The van der Waals surface area contributed by atoms with Gasteiger partial charge in [-0.05, 0) is 74.4 Å². The third kappa shape index (κ3) is 5.38. The molecule has 2 heterocycles. The summed E-state index contributed by atoms with van der Waals surface area (Å²) in [6.45, 7) is 8.80. The molecule has 49 heavy (non-hydrogen) atoms. The van der Waals surface area contributed by atoms with E-state index in [9.17, 15) is 4.79 Å². The van der Waals surface area contributed by atoms with Crippen LogP contribution in [0.25, 0.3) is 11.1 Å². The SMILES string of the molecule is CN1C[C@@H]2Cc3ccc(O[Si](c4ccccc4)(c4ccccc4)C(C)(C)C)cc3[C@H](C1)N2C(=O)OCC1c2ccccc2-c2ccccc21. The Morgan fingerprint density at radius 2 is 1.31 bits per heavy atom. The van der Waals surface area contributed by atoms with Crippen molar-refractivity contribution in [3.05, 3.63) is 150 Å². The fourth-order valence-electron chi connectivity index (χ4n) is 8.73. The predicted octanol–water partition coefficient (Wildman–Crippen LogP) is 7.79. The van der Waals surface area contributed by atoms with Gasteiger partial charge in [0.1, 0.15) is 12.4 Å². The lowest BCUT2D eigenvalue weighted by atomic mass is 9.85. The molecule has 2 aliphatic heterocycles. The zero-order valence-corrected chi connectivity index (χ0v) is 29.8. The molecule has 3 aliphatic rings. The Bertz CT molecular complexity index is 1910. The van der Waals surface area contributed by atoms with Gasteiger partial charge in [-0.1, -0.05) is 136 Å². The van der Waals surface area contributed by atoms with Crippen molar-refractivity contribution in [3.63, 3.8) is 0 Å². The number of amides is 1. The summed E-state index contributed by atoms with van der Waals surface area (Å²) >= 11 is 0. The Kier molecular flexibility index (Phi) is 7.96. The fourth-order valence-corrected chi connectivity index (χ4v) is 13.1. The highest BCUT2D eigenvalue weighted by atomic mass is 28.4. The van der Waals surface area contributed by atoms with Gasteiger partial charge in [0, 0.05) is 19.0 Å². The highest BCUT2D eigenvalue weighted by molar-refractivity contribution is 7.00. The summed E-state index contributed by atoms with van der Waals surface area (Å²) in [6.07, 6.45) is 0.564. The molecule has 1 amide bonds. The number of likely N-dealkylation sites (N-methyl/N-ethyl adjacent to an activating group) is 1. The van der Waals surface area contributed by atoms with Crippen molar-refractivity contribution < 1.29 is 14.0 Å². The average molecular weight is 665 g/mol. The number of rotatable bonds is 6. The normalized spacial score (nSPS) is 18.7. The van der Waals surface area contributed by atoms with Crippen LogP contribution in [0.2, 0.25) is 5.04 Å². The molecule has 1 aliphatic carbocycles. The van der Waals surface area contributed by atoms with Gasteiger partial charge in [-0.15, -0.1) is 0 Å². The first-order valence-electron chi connectivity index (χ1n) is 17.5. The zero-order valence-electron chi connectivity index (χ0n) is 28.8. The van der Waals surface area contributed by atoms with Gasteiger partial charge >= 0.3 is 14.4 Å². The first kappa shape index (κ1) is 31.6. The first-order chi connectivity index (χ1) is 23.7. The van der Waals surface area contributed by atoms with E-state index in [1.165, 1.54) is 38.2 Å². The van der Waals surface area contributed by atoms with Crippen LogP contribution in [-0.4, -0.2) is 57.0 Å². The Labute approximate surface area is 291 Å². The van der Waals surface area contributed by atoms with Crippen molar-refractivity contribution in [3.8, 4) is 16.9 Å². The molecule has 2 bridgehead atoms. The van der Waals surface area contributed by atoms with Gasteiger partial charge in [0.25, 0.3) is 0 Å². The molecule has 2 atom stereocenters. The number of hydrogen-bond donors (Lipinski definition) is 0. The maximum atomic E-state index is 14.2. The van der Waals surface area contributed by atoms with E-state index >= 15 is 0 Å². The standard InChI is InChI=1S/C43H44N2O3Si/c1-43(2,3)49(33-15-7-5-8-16-33,34-17-9-6-10-18-34)48-32-24-23-30-25-31-27-44(4)28-41(39(30)26-32)45(31)42(46)47-29-40-37-21-13-11-19-35(37)36-20-12-14-22-38(36)40/h5-24,26,31,40-41H,25,27-29H2,1-4H3/t31-,41-/m0/s1. The van der Waals surface area contributed by atoms with E-state index < -0.39 is 8.32 Å². The van der Waals surface area contributed by atoms with Crippen LogP contribution in [0, 0.1) is 0 Å². The molecule has 0 saturated carbocycles. The number of piperazine rings is 1. The average Bonchev–Trinajstić information content (AvgIpc) is 3.43. The number of nitrogens with zero attached hydrogens (tertiary/aromatic N) is 2. The first-order valence-corrected chi connectivity index (χ1v) is 19.4. The molecule has 5 aromatic rings. The topological polar surface area (TPSA) is 42.0 Å². The molecule has 5 aromatic carbocycles. The van der Waals surface area contributed by atoms with E-state index in [1.807, 2.05) is 4.90 Å². The molecule has 5 nitrogen and oxygen atoms in total. The lowest BCUT2D eigenvalue weighted by Gasteiger charge is -2.49. The molecule has 6 heteroatoms. The number of carbonyl (C=O) groups excluding carboxylic acids is 1. The van der Waals surface area contributed by atoms with Crippen molar-refractivity contribution in [1.29, 1.82) is 0 Å². The summed E-state index contributed by atoms with van der Waals surface area (Å²) in [6, 6.07) is 45.1. The van der Waals surface area contributed by atoms with Crippen molar-refractivity contribution in [2.45, 2.75) is 50.2 Å². The van der Waals surface area contributed by atoms with Gasteiger partial charge in [-0.3, -0.25) is 4.90 Å². The molecular formula is C43H44N2O3Si. The van der Waals surface area contributed by atoms with E-state index in [0.717, 1.165) is 30.8 Å². The third-order valence-corrected chi connectivity index (χ3v) is 15.8. The quantitative estimate of drug-likeness (QED) is 0.174. The van der Waals surface area contributed by atoms with Gasteiger partial charge < -0.3 is 14.1 Å². The minimum Gasteiger partial charge on any atom is -0.534 e. The minimum atomic E-state index is -2.82. The largest absolute Gasteiger partial charge is 0.534 e. The molecule has 0 unspecified atom stereocenters. The van der Waals surface area contributed by atoms with Gasteiger partial charge in [0.15, 0.2) is 0 Å². The van der Waals surface area contributed by atoms with Gasteiger partial charge in [-0.25, -0.2) is 4.79 Å². The van der Waals surface area contributed by atoms with Crippen LogP contribution in [0.3, 0.4) is 0 Å². The monoisotopic (exact) mass is 664 g/mol. The van der Waals surface area contributed by atoms with Crippen LogP contribution in [0.4, 0.5) is 4.79 Å². The lowest BCUT2D eigenvalue weighted by Crippen LogP contribution is -2.68. The fraction of sp³-hybridized carbons (Fsp3) is 0.279. The zero-order chi connectivity index (χ0) is 33.8. The Morgan fingerprint density at radius 3 is 1.90 bits per heavy atom. The van der Waals surface area contributed by atoms with Crippen LogP contribution in [0.1, 0.15) is 55.0 Å². The van der Waals surface area contributed by atoms with E-state index in [4.69, 9.17) is 9.16 Å². The summed E-state index contributed by atoms with van der Waals surface area (Å²) in [7, 11) is -0.665. The van der Waals surface area contributed by atoms with Crippen molar-refractivity contribution >= 4 is 24.8 Å². The molecule has 248 valence electrons. The van der Waals surface area contributed by atoms with E-state index in [2.05, 4.69) is 160 Å². The summed E-state index contributed by atoms with van der Waals surface area (Å²) in [5, 5.41) is 2.32. The number of benzene rings is 5. The highest BCUT2D eigenvalue weighted by Crippen LogP contribution is 2.46. The second-order valence-corrected chi connectivity index (χ2v) is 19.2. The second kappa shape index (κ2) is 12.3. The maximum absolute atomic E-state index is 14.2. The molecule has 1 saturated heterocycles. The molecular weight excluding hydrogens is 621 g/mol. The van der Waals surface area contributed by atoms with Crippen molar-refractivity contribution in [1.82, 2.24) is 9.80 Å². The highest BCUT2D eigenvalue weighted by Gasteiger charge is 2.52. The lowest BCUT2D eigenvalue weighted by molar-refractivity contribution is 0.0121. The van der Waals surface area contributed by atoms with Gasteiger partial charge in [0.05, 0.1) is 12.1 Å². The summed E-state index contributed by atoms with van der Waals surface area (Å²) in [4.78, 5) is 18.6. The predicted molar refractivity (Wildman–Crippen MR) is 199 cm³/mol. The molecule has 0 radical (unpaired) electrons. The summed E-state index contributed by atoms with van der Waals surface area (Å²) in [5.41, 5.74) is 7.37. The number of ether oxygens (including phenoxy) is 1. The Hall–Kier alpha value is -4.65. The van der Waals surface area contributed by atoms with E-state index in [1.54, 1.807) is 0 Å². The Morgan fingerprint density at radius 1 is 0.735 bits per heavy atom. The molecule has 8 rings (SSSR count). The molecule has 0 N–H and O–H groups in total. The second-order valence-electron chi connectivity index (χ2n) is 14.9. The van der Waals surface area contributed by atoms with Crippen LogP contribution in [-0.2, 0) is 11.2 Å². The van der Waals surface area contributed by atoms with E-state index in [-0.39, 0.29) is 29.1 Å². The minimum absolute atomic E-state index is 0.0300. The van der Waals surface area contributed by atoms with Crippen LogP contribution < -0.4 is 14.8 Å². The molecule has 0 spiro atoms. The summed E-state index contributed by atoms with van der Waals surface area (Å²) in [5.74, 6) is 0.884. The smallest absolute Gasteiger partial charge is 0.410 e. The number of fused-ring (bicyclic) bond motifs is 7. The number of carbonyl (C=O) groups is 1.